The van der Waals surface area contributed by atoms with Crippen molar-refractivity contribution < 1.29 is 9.53 Å². The first-order valence-electron chi connectivity index (χ1n) is 8.12. The number of nitrogens with one attached hydrogen (secondary N) is 1. The lowest BCUT2D eigenvalue weighted by atomic mass is 9.98. The van der Waals surface area contributed by atoms with Gasteiger partial charge in [-0.3, -0.25) is 9.89 Å². The third kappa shape index (κ3) is 3.45. The van der Waals surface area contributed by atoms with Crippen molar-refractivity contribution in [3.8, 4) is 11.3 Å². The van der Waals surface area contributed by atoms with Crippen LogP contribution < -0.4 is 0 Å². The second kappa shape index (κ2) is 6.96. The van der Waals surface area contributed by atoms with Crippen molar-refractivity contribution in [2.24, 2.45) is 5.92 Å². The van der Waals surface area contributed by atoms with Crippen LogP contribution in [0.3, 0.4) is 0 Å². The first kappa shape index (κ1) is 15.7. The molecule has 1 aliphatic rings. The minimum Gasteiger partial charge on any atom is -0.381 e. The van der Waals surface area contributed by atoms with Crippen molar-refractivity contribution in [1.82, 2.24) is 15.1 Å². The molecule has 1 aliphatic heterocycles. The van der Waals surface area contributed by atoms with E-state index in [1.165, 1.54) is 0 Å². The Morgan fingerprint density at radius 3 is 2.70 bits per heavy atom. The van der Waals surface area contributed by atoms with Crippen LogP contribution in [-0.4, -0.2) is 41.3 Å². The van der Waals surface area contributed by atoms with E-state index in [4.69, 9.17) is 4.74 Å². The number of carbonyl (C=O) groups excluding carboxylic acids is 1. The number of aromatic nitrogens is 2. The van der Waals surface area contributed by atoms with Gasteiger partial charge in [0.05, 0.1) is 17.4 Å². The van der Waals surface area contributed by atoms with E-state index in [-0.39, 0.29) is 17.9 Å². The maximum atomic E-state index is 12.6. The zero-order valence-corrected chi connectivity index (χ0v) is 13.7. The molecule has 0 spiro atoms. The molecule has 2 heterocycles. The monoisotopic (exact) mass is 313 g/mol. The third-order valence-corrected chi connectivity index (χ3v) is 4.62. The zero-order chi connectivity index (χ0) is 16.2. The molecular weight excluding hydrogens is 290 g/mol. The largest absolute Gasteiger partial charge is 0.381 e. The fourth-order valence-corrected chi connectivity index (χ4v) is 2.94. The molecule has 2 aromatic rings. The van der Waals surface area contributed by atoms with Crippen molar-refractivity contribution in [3.05, 3.63) is 42.1 Å². The van der Waals surface area contributed by atoms with E-state index < -0.39 is 0 Å². The maximum Gasteiger partial charge on any atom is 0.226 e. The Labute approximate surface area is 136 Å². The van der Waals surface area contributed by atoms with Gasteiger partial charge in [0.25, 0.3) is 0 Å². The summed E-state index contributed by atoms with van der Waals surface area (Å²) in [4.78, 5) is 14.4. The molecule has 5 nitrogen and oxygen atoms in total. The summed E-state index contributed by atoms with van der Waals surface area (Å²) in [6.07, 6.45) is 1.63. The van der Waals surface area contributed by atoms with E-state index in [1.54, 1.807) is 0 Å². The number of nitrogens with zero attached hydrogens (tertiary/aromatic N) is 2. The smallest absolute Gasteiger partial charge is 0.226 e. The number of H-pyrrole nitrogens is 1. The Morgan fingerprint density at radius 2 is 2.00 bits per heavy atom. The summed E-state index contributed by atoms with van der Waals surface area (Å²) >= 11 is 0. The highest BCUT2D eigenvalue weighted by Gasteiger charge is 2.28. The Bertz CT molecular complexity index is 647. The average molecular weight is 313 g/mol. The lowest BCUT2D eigenvalue weighted by Gasteiger charge is -2.30. The normalized spacial score (nSPS) is 17.0. The highest BCUT2D eigenvalue weighted by Crippen LogP contribution is 2.26. The first-order valence-corrected chi connectivity index (χ1v) is 8.12. The molecule has 1 N–H and O–H groups in total. The van der Waals surface area contributed by atoms with Gasteiger partial charge in [0.2, 0.25) is 5.91 Å². The molecule has 122 valence electrons. The lowest BCUT2D eigenvalue weighted by Crippen LogP contribution is -2.37. The van der Waals surface area contributed by atoms with E-state index in [0.717, 1.165) is 29.8 Å². The van der Waals surface area contributed by atoms with Gasteiger partial charge in [0.1, 0.15) is 0 Å². The number of ether oxygens (including phenoxy) is 1. The second-order valence-corrected chi connectivity index (χ2v) is 6.09. The number of benzene rings is 1. The second-order valence-electron chi connectivity index (χ2n) is 6.09. The number of hydrogen-bond acceptors (Lipinski definition) is 3. The number of carbonyl (C=O) groups is 1. The molecule has 0 bridgehead atoms. The van der Waals surface area contributed by atoms with E-state index in [2.05, 4.69) is 10.2 Å². The summed E-state index contributed by atoms with van der Waals surface area (Å²) in [6.45, 7) is 3.39. The fourth-order valence-electron chi connectivity index (χ4n) is 2.94. The van der Waals surface area contributed by atoms with Gasteiger partial charge in [0.15, 0.2) is 0 Å². The summed E-state index contributed by atoms with van der Waals surface area (Å²) in [5.41, 5.74) is 2.92. The topological polar surface area (TPSA) is 58.2 Å². The van der Waals surface area contributed by atoms with Crippen LogP contribution in [0.1, 0.15) is 31.5 Å². The molecule has 1 fully saturated rings. The number of hydrogen-bond donors (Lipinski definition) is 1. The zero-order valence-electron chi connectivity index (χ0n) is 13.7. The van der Waals surface area contributed by atoms with Crippen molar-refractivity contribution in [2.45, 2.75) is 25.8 Å². The predicted molar refractivity (Wildman–Crippen MR) is 88.8 cm³/mol. The molecule has 5 heteroatoms. The summed E-state index contributed by atoms with van der Waals surface area (Å²) in [6, 6.07) is 12.0. The Morgan fingerprint density at radius 1 is 1.30 bits per heavy atom. The molecule has 0 aliphatic carbocycles. The van der Waals surface area contributed by atoms with Crippen LogP contribution in [0, 0.1) is 5.92 Å². The van der Waals surface area contributed by atoms with Gasteiger partial charge in [-0.2, -0.15) is 5.10 Å². The van der Waals surface area contributed by atoms with Crippen LogP contribution in [0.25, 0.3) is 11.3 Å². The van der Waals surface area contributed by atoms with Crippen LogP contribution in [0.2, 0.25) is 0 Å². The summed E-state index contributed by atoms with van der Waals surface area (Å²) in [7, 11) is 1.87. The van der Waals surface area contributed by atoms with Crippen LogP contribution >= 0.6 is 0 Å². The van der Waals surface area contributed by atoms with E-state index in [1.807, 2.05) is 55.3 Å². The highest BCUT2D eigenvalue weighted by molar-refractivity contribution is 5.79. The standard InChI is InChI=1S/C18H23N3O2/c1-13(21(2)18(22)15-8-10-23-11-9-15)16-12-17(20-19-16)14-6-4-3-5-7-14/h3-7,12-13,15H,8-11H2,1-2H3,(H,19,20)/t13-/m0/s1. The first-order chi connectivity index (χ1) is 11.2. The van der Waals surface area contributed by atoms with Crippen molar-refractivity contribution in [2.75, 3.05) is 20.3 Å². The molecule has 1 amide bonds. The van der Waals surface area contributed by atoms with Gasteiger partial charge in [-0.05, 0) is 25.8 Å². The summed E-state index contributed by atoms with van der Waals surface area (Å²) in [5, 5.41) is 7.45. The minimum atomic E-state index is -0.0321. The lowest BCUT2D eigenvalue weighted by molar-refractivity contribution is -0.139. The third-order valence-electron chi connectivity index (χ3n) is 4.62. The van der Waals surface area contributed by atoms with Gasteiger partial charge in [-0.15, -0.1) is 0 Å². The molecule has 1 atom stereocenters. The summed E-state index contributed by atoms with van der Waals surface area (Å²) in [5.74, 6) is 0.268. The molecular formula is C18H23N3O2. The van der Waals surface area contributed by atoms with Gasteiger partial charge in [0, 0.05) is 31.7 Å². The predicted octanol–water partition coefficient (Wildman–Crippen LogP) is 3.02. The quantitative estimate of drug-likeness (QED) is 0.944. The van der Waals surface area contributed by atoms with E-state index in [9.17, 15) is 4.79 Å². The van der Waals surface area contributed by atoms with Crippen molar-refractivity contribution in [1.29, 1.82) is 0 Å². The Balaban J connectivity index is 1.71. The number of aromatic amines is 1. The average Bonchev–Trinajstić information content (AvgIpc) is 3.11. The van der Waals surface area contributed by atoms with Crippen LogP contribution in [-0.2, 0) is 9.53 Å². The fraction of sp³-hybridized carbons (Fsp3) is 0.444. The molecule has 3 rings (SSSR count). The Kier molecular flexibility index (Phi) is 4.76. The van der Waals surface area contributed by atoms with Gasteiger partial charge < -0.3 is 9.64 Å². The number of rotatable bonds is 4. The maximum absolute atomic E-state index is 12.6. The van der Waals surface area contributed by atoms with Gasteiger partial charge >= 0.3 is 0 Å². The Hall–Kier alpha value is -2.14. The number of amides is 1. The molecule has 1 aromatic carbocycles. The minimum absolute atomic E-state index is 0.0321. The SMILES string of the molecule is C[C@@H](c1cc(-c2ccccc2)n[nH]1)N(C)C(=O)C1CCOCC1. The molecule has 0 saturated carbocycles. The molecule has 23 heavy (non-hydrogen) atoms. The molecule has 0 radical (unpaired) electrons. The highest BCUT2D eigenvalue weighted by atomic mass is 16.5. The van der Waals surface area contributed by atoms with Crippen LogP contribution in [0.4, 0.5) is 0 Å². The molecule has 0 unspecified atom stereocenters. The van der Waals surface area contributed by atoms with E-state index in [0.29, 0.717) is 13.2 Å². The summed E-state index contributed by atoms with van der Waals surface area (Å²) < 4.78 is 5.34. The van der Waals surface area contributed by atoms with E-state index >= 15 is 0 Å². The van der Waals surface area contributed by atoms with Crippen LogP contribution in [0.5, 0.6) is 0 Å². The molecule has 1 aromatic heterocycles. The van der Waals surface area contributed by atoms with Crippen LogP contribution in [0.15, 0.2) is 36.4 Å². The van der Waals surface area contributed by atoms with Crippen molar-refractivity contribution >= 4 is 5.91 Å². The molecule has 1 saturated heterocycles. The van der Waals surface area contributed by atoms with Gasteiger partial charge in [-0.25, -0.2) is 0 Å². The van der Waals surface area contributed by atoms with Gasteiger partial charge in [-0.1, -0.05) is 30.3 Å². The van der Waals surface area contributed by atoms with Crippen molar-refractivity contribution in [3.63, 3.8) is 0 Å².